The van der Waals surface area contributed by atoms with Crippen LogP contribution in [0.2, 0.25) is 0 Å². The number of nitrogens with one attached hydrogen (secondary N) is 1. The van der Waals surface area contributed by atoms with Crippen molar-refractivity contribution >= 4 is 34.0 Å². The molecule has 0 radical (unpaired) electrons. The van der Waals surface area contributed by atoms with Gasteiger partial charge < -0.3 is 10.4 Å². The van der Waals surface area contributed by atoms with Crippen LogP contribution >= 0.6 is 11.3 Å². The van der Waals surface area contributed by atoms with Crippen LogP contribution in [-0.4, -0.2) is 36.7 Å². The van der Waals surface area contributed by atoms with Gasteiger partial charge >= 0.3 is 11.7 Å². The summed E-state index contributed by atoms with van der Waals surface area (Å²) in [7, 11) is 0. The maximum atomic E-state index is 11.7. The van der Waals surface area contributed by atoms with Crippen LogP contribution in [-0.2, 0) is 22.6 Å². The molecular weight excluding hydrogens is 302 g/mol. The van der Waals surface area contributed by atoms with Gasteiger partial charge in [0, 0.05) is 5.38 Å². The SMILES string of the molecule is O=C(O)Cc1csc(NC(=O)Cn2cc([N+](=O)[O-])cn2)n1. The van der Waals surface area contributed by atoms with Gasteiger partial charge in [0.15, 0.2) is 5.13 Å². The lowest BCUT2D eigenvalue weighted by molar-refractivity contribution is -0.385. The second kappa shape index (κ2) is 6.09. The molecule has 1 amide bonds. The molecule has 0 aromatic carbocycles. The summed E-state index contributed by atoms with van der Waals surface area (Å²) < 4.78 is 1.12. The zero-order valence-corrected chi connectivity index (χ0v) is 11.2. The molecule has 0 fully saturated rings. The van der Waals surface area contributed by atoms with Crippen molar-refractivity contribution in [1.29, 1.82) is 0 Å². The molecule has 0 saturated heterocycles. The molecule has 11 heteroatoms. The fourth-order valence-electron chi connectivity index (χ4n) is 1.44. The van der Waals surface area contributed by atoms with Crippen LogP contribution in [0, 0.1) is 10.1 Å². The number of nitrogens with zero attached hydrogens (tertiary/aromatic N) is 4. The molecule has 2 rings (SSSR count). The Morgan fingerprint density at radius 2 is 2.29 bits per heavy atom. The summed E-state index contributed by atoms with van der Waals surface area (Å²) in [4.78, 5) is 36.0. The Bertz CT molecular complexity index is 694. The quantitative estimate of drug-likeness (QED) is 0.585. The summed E-state index contributed by atoms with van der Waals surface area (Å²) in [6, 6.07) is 0. The van der Waals surface area contributed by atoms with E-state index in [9.17, 15) is 19.7 Å². The number of aromatic nitrogens is 3. The highest BCUT2D eigenvalue weighted by atomic mass is 32.1. The van der Waals surface area contributed by atoms with Gasteiger partial charge in [-0.3, -0.25) is 24.4 Å². The summed E-state index contributed by atoms with van der Waals surface area (Å²) in [5.41, 5.74) is 0.137. The smallest absolute Gasteiger partial charge is 0.309 e. The number of carboxylic acids is 1. The van der Waals surface area contributed by atoms with Gasteiger partial charge in [-0.2, -0.15) is 5.10 Å². The van der Waals surface area contributed by atoms with E-state index in [1.54, 1.807) is 0 Å². The highest BCUT2D eigenvalue weighted by Crippen LogP contribution is 2.16. The molecule has 0 aliphatic heterocycles. The van der Waals surface area contributed by atoms with Crippen LogP contribution in [0.1, 0.15) is 5.69 Å². The van der Waals surface area contributed by atoms with Crippen molar-refractivity contribution in [1.82, 2.24) is 14.8 Å². The average Bonchev–Trinajstić information content (AvgIpc) is 2.98. The van der Waals surface area contributed by atoms with E-state index >= 15 is 0 Å². The Morgan fingerprint density at radius 3 is 2.90 bits per heavy atom. The molecule has 0 spiro atoms. The number of anilines is 1. The van der Waals surface area contributed by atoms with E-state index < -0.39 is 16.8 Å². The molecule has 0 saturated carbocycles. The first-order chi connectivity index (χ1) is 9.94. The Kier molecular flexibility index (Phi) is 4.23. The predicted octanol–water partition coefficient (Wildman–Crippen LogP) is 0.514. The number of carbonyl (C=O) groups is 2. The third-order valence-electron chi connectivity index (χ3n) is 2.27. The topological polar surface area (TPSA) is 140 Å². The third-order valence-corrected chi connectivity index (χ3v) is 3.07. The molecule has 0 unspecified atom stereocenters. The van der Waals surface area contributed by atoms with Crippen molar-refractivity contribution in [2.75, 3.05) is 5.32 Å². The standard InChI is InChI=1S/C10H9N5O5S/c16-8(4-14-3-7(2-11-14)15(19)20)13-10-12-6(5-21-10)1-9(17)18/h2-3,5H,1,4H2,(H,17,18)(H,12,13,16). The van der Waals surface area contributed by atoms with E-state index in [-0.39, 0.29) is 23.8 Å². The molecule has 2 heterocycles. The Hall–Kier alpha value is -2.82. The molecule has 0 atom stereocenters. The fraction of sp³-hybridized carbons (Fsp3) is 0.200. The molecule has 2 aromatic heterocycles. The average molecular weight is 311 g/mol. The van der Waals surface area contributed by atoms with Crippen LogP contribution in [0.25, 0.3) is 0 Å². The number of nitro groups is 1. The Morgan fingerprint density at radius 1 is 1.52 bits per heavy atom. The van der Waals surface area contributed by atoms with Crippen molar-refractivity contribution < 1.29 is 19.6 Å². The minimum Gasteiger partial charge on any atom is -0.481 e. The zero-order valence-electron chi connectivity index (χ0n) is 10.4. The minimum atomic E-state index is -1.01. The zero-order chi connectivity index (χ0) is 15.4. The number of thiazole rings is 1. The molecule has 0 bridgehead atoms. The van der Waals surface area contributed by atoms with Crippen molar-refractivity contribution in [3.63, 3.8) is 0 Å². The van der Waals surface area contributed by atoms with E-state index in [1.165, 1.54) is 5.38 Å². The molecule has 2 aromatic rings. The summed E-state index contributed by atoms with van der Waals surface area (Å²) in [5, 5.41) is 27.0. The number of hydrogen-bond acceptors (Lipinski definition) is 7. The second-order valence-corrected chi connectivity index (χ2v) is 4.77. The first-order valence-corrected chi connectivity index (χ1v) is 6.45. The van der Waals surface area contributed by atoms with Gasteiger partial charge in [0.25, 0.3) is 0 Å². The summed E-state index contributed by atoms with van der Waals surface area (Å²) in [5.74, 6) is -1.48. The lowest BCUT2D eigenvalue weighted by Gasteiger charge is -2.01. The molecule has 110 valence electrons. The van der Waals surface area contributed by atoms with Crippen molar-refractivity contribution in [3.05, 3.63) is 33.6 Å². The van der Waals surface area contributed by atoms with E-state index in [4.69, 9.17) is 5.11 Å². The number of hydrogen-bond donors (Lipinski definition) is 2. The molecule has 2 N–H and O–H groups in total. The van der Waals surface area contributed by atoms with Gasteiger partial charge in [0.05, 0.1) is 17.0 Å². The van der Waals surface area contributed by atoms with E-state index in [0.29, 0.717) is 5.69 Å². The number of carboxylic acid groups (broad SMARTS) is 1. The maximum absolute atomic E-state index is 11.7. The third kappa shape index (κ3) is 4.07. The van der Waals surface area contributed by atoms with Crippen molar-refractivity contribution in [3.8, 4) is 0 Å². The lowest BCUT2D eigenvalue weighted by atomic mass is 10.3. The normalized spacial score (nSPS) is 10.3. The van der Waals surface area contributed by atoms with E-state index in [2.05, 4.69) is 15.4 Å². The second-order valence-electron chi connectivity index (χ2n) is 3.92. The van der Waals surface area contributed by atoms with Gasteiger partial charge in [-0.25, -0.2) is 4.98 Å². The summed E-state index contributed by atoms with van der Waals surface area (Å²) in [6.45, 7) is -0.207. The van der Waals surface area contributed by atoms with Gasteiger partial charge in [-0.15, -0.1) is 11.3 Å². The first-order valence-electron chi connectivity index (χ1n) is 5.57. The van der Waals surface area contributed by atoms with E-state index in [1.807, 2.05) is 0 Å². The highest BCUT2D eigenvalue weighted by molar-refractivity contribution is 7.13. The van der Waals surface area contributed by atoms with Crippen molar-refractivity contribution in [2.45, 2.75) is 13.0 Å². The summed E-state index contributed by atoms with van der Waals surface area (Å²) in [6.07, 6.45) is 1.96. The number of aliphatic carboxylic acids is 1. The Balaban J connectivity index is 1.93. The van der Waals surface area contributed by atoms with Gasteiger partial charge in [0.1, 0.15) is 18.9 Å². The molecule has 0 aliphatic rings. The molecule has 21 heavy (non-hydrogen) atoms. The van der Waals surface area contributed by atoms with Crippen LogP contribution < -0.4 is 5.32 Å². The predicted molar refractivity (Wildman–Crippen MR) is 71.0 cm³/mol. The van der Waals surface area contributed by atoms with Crippen LogP contribution in [0.3, 0.4) is 0 Å². The lowest BCUT2D eigenvalue weighted by Crippen LogP contribution is -2.19. The number of carbonyl (C=O) groups excluding carboxylic acids is 1. The maximum Gasteiger partial charge on any atom is 0.309 e. The monoisotopic (exact) mass is 311 g/mol. The van der Waals surface area contributed by atoms with E-state index in [0.717, 1.165) is 28.4 Å². The summed E-state index contributed by atoms with van der Waals surface area (Å²) >= 11 is 1.10. The molecule has 10 nitrogen and oxygen atoms in total. The van der Waals surface area contributed by atoms with Crippen LogP contribution in [0.4, 0.5) is 10.8 Å². The molecule has 0 aliphatic carbocycles. The van der Waals surface area contributed by atoms with Gasteiger partial charge in [-0.1, -0.05) is 0 Å². The van der Waals surface area contributed by atoms with Crippen molar-refractivity contribution in [2.24, 2.45) is 0 Å². The first kappa shape index (κ1) is 14.6. The van der Waals surface area contributed by atoms with Gasteiger partial charge in [0.2, 0.25) is 5.91 Å². The fourth-order valence-corrected chi connectivity index (χ4v) is 2.17. The highest BCUT2D eigenvalue weighted by Gasteiger charge is 2.13. The largest absolute Gasteiger partial charge is 0.481 e. The Labute approximate surface area is 121 Å². The molecular formula is C10H9N5O5S. The van der Waals surface area contributed by atoms with Crippen LogP contribution in [0.15, 0.2) is 17.8 Å². The number of amides is 1. The van der Waals surface area contributed by atoms with Gasteiger partial charge in [-0.05, 0) is 0 Å². The minimum absolute atomic E-state index is 0.207. The van der Waals surface area contributed by atoms with Crippen LogP contribution in [0.5, 0.6) is 0 Å². The number of rotatable bonds is 6.